The van der Waals surface area contributed by atoms with Gasteiger partial charge in [0.15, 0.2) is 11.4 Å². The summed E-state index contributed by atoms with van der Waals surface area (Å²) in [5.74, 6) is 0.123. The van der Waals surface area contributed by atoms with Crippen molar-refractivity contribution in [2.45, 2.75) is 50.6 Å². The number of piperidine rings is 1. The molecule has 0 radical (unpaired) electrons. The van der Waals surface area contributed by atoms with Gasteiger partial charge in [-0.15, -0.1) is 0 Å². The monoisotopic (exact) mass is 485 g/mol. The van der Waals surface area contributed by atoms with Crippen molar-refractivity contribution in [2.24, 2.45) is 12.8 Å². The second kappa shape index (κ2) is 8.14. The minimum Gasteiger partial charge on any atom is -0.383 e. The zero-order chi connectivity index (χ0) is 25.1. The van der Waals surface area contributed by atoms with E-state index in [0.717, 1.165) is 35.2 Å². The van der Waals surface area contributed by atoms with Gasteiger partial charge in [-0.2, -0.15) is 14.7 Å². The van der Waals surface area contributed by atoms with Crippen LogP contribution in [0.2, 0.25) is 0 Å². The van der Waals surface area contributed by atoms with E-state index in [9.17, 15) is 9.59 Å². The number of aromatic nitrogens is 6. The molecule has 4 N–H and O–H groups in total. The highest BCUT2D eigenvalue weighted by atomic mass is 16.2. The van der Waals surface area contributed by atoms with E-state index in [1.54, 1.807) is 28.2 Å². The minimum absolute atomic E-state index is 0.00173. The molecule has 2 saturated heterocycles. The Balaban J connectivity index is 1.42. The van der Waals surface area contributed by atoms with Crippen LogP contribution in [-0.4, -0.2) is 58.2 Å². The third-order valence-corrected chi connectivity index (χ3v) is 7.51. The number of carbonyl (C=O) groups is 2. The van der Waals surface area contributed by atoms with Gasteiger partial charge in [0.1, 0.15) is 5.82 Å². The van der Waals surface area contributed by atoms with Gasteiger partial charge in [0, 0.05) is 54.1 Å². The normalized spacial score (nSPS) is 21.3. The predicted octanol–water partition coefficient (Wildman–Crippen LogP) is 2.77. The average molecular weight is 486 g/mol. The lowest BCUT2D eigenvalue weighted by Crippen LogP contribution is -2.48. The SMILES string of the molecule is CC(=O)c1c(C2CC3CCC(C2)N3C(N)=O)nc2c(-c3ccc(-c4cnn(C)c4)nc3)cnn2c1N. The summed E-state index contributed by atoms with van der Waals surface area (Å²) in [4.78, 5) is 36.1. The maximum absolute atomic E-state index is 12.7. The number of carbonyl (C=O) groups excluding carboxylic acids is 2. The van der Waals surface area contributed by atoms with Crippen molar-refractivity contribution >= 4 is 23.3 Å². The Kier molecular flexibility index (Phi) is 5.02. The van der Waals surface area contributed by atoms with Crippen molar-refractivity contribution in [1.82, 2.24) is 34.3 Å². The number of urea groups is 1. The van der Waals surface area contributed by atoms with E-state index in [-0.39, 0.29) is 35.6 Å². The molecule has 0 spiro atoms. The van der Waals surface area contributed by atoms with Gasteiger partial charge in [0.2, 0.25) is 0 Å². The number of fused-ring (bicyclic) bond motifs is 3. The third kappa shape index (κ3) is 3.42. The second-order valence-electron chi connectivity index (χ2n) is 9.74. The Bertz CT molecular complexity index is 1490. The topological polar surface area (TPSA) is 150 Å². The molecular weight excluding hydrogens is 458 g/mol. The lowest BCUT2D eigenvalue weighted by molar-refractivity contribution is 0.101. The van der Waals surface area contributed by atoms with Crippen LogP contribution in [0.5, 0.6) is 0 Å². The van der Waals surface area contributed by atoms with Crippen molar-refractivity contribution in [3.63, 3.8) is 0 Å². The number of ketones is 1. The van der Waals surface area contributed by atoms with Gasteiger partial charge < -0.3 is 16.4 Å². The quantitative estimate of drug-likeness (QED) is 0.422. The number of hydrogen-bond acceptors (Lipinski definition) is 7. The number of nitrogens with two attached hydrogens (primary N) is 2. The summed E-state index contributed by atoms with van der Waals surface area (Å²) in [6, 6.07) is 3.63. The Morgan fingerprint density at radius 3 is 2.36 bits per heavy atom. The predicted molar refractivity (Wildman–Crippen MR) is 133 cm³/mol. The molecule has 2 bridgehead atoms. The Hall–Kier alpha value is -4.28. The Morgan fingerprint density at radius 1 is 1.03 bits per heavy atom. The zero-order valence-corrected chi connectivity index (χ0v) is 20.1. The van der Waals surface area contributed by atoms with Gasteiger partial charge >= 0.3 is 6.03 Å². The first kappa shape index (κ1) is 22.2. The van der Waals surface area contributed by atoms with Crippen LogP contribution in [0.15, 0.2) is 36.9 Å². The first-order valence-corrected chi connectivity index (χ1v) is 12.0. The molecule has 6 rings (SSSR count). The van der Waals surface area contributed by atoms with Crippen molar-refractivity contribution in [2.75, 3.05) is 5.73 Å². The number of hydrogen-bond donors (Lipinski definition) is 2. The summed E-state index contributed by atoms with van der Waals surface area (Å²) in [5, 5.41) is 8.66. The number of Topliss-reactive ketones (excluding diaryl/α,β-unsaturated/α-hetero) is 1. The molecule has 184 valence electrons. The molecule has 2 unspecified atom stereocenters. The number of rotatable bonds is 4. The fourth-order valence-electron chi connectivity index (χ4n) is 5.93. The van der Waals surface area contributed by atoms with Gasteiger partial charge in [-0.05, 0) is 38.7 Å². The van der Waals surface area contributed by atoms with Gasteiger partial charge in [0.25, 0.3) is 0 Å². The van der Waals surface area contributed by atoms with Crippen LogP contribution in [-0.2, 0) is 7.05 Å². The molecule has 4 aromatic heterocycles. The third-order valence-electron chi connectivity index (χ3n) is 7.51. The lowest BCUT2D eigenvalue weighted by Gasteiger charge is -2.38. The molecular formula is C25H27N9O2. The van der Waals surface area contributed by atoms with E-state index in [4.69, 9.17) is 16.5 Å². The molecule has 36 heavy (non-hydrogen) atoms. The number of nitrogens with zero attached hydrogens (tertiary/aromatic N) is 7. The molecule has 2 fully saturated rings. The van der Waals surface area contributed by atoms with Crippen LogP contribution in [0.3, 0.4) is 0 Å². The van der Waals surface area contributed by atoms with Crippen molar-refractivity contribution in [3.05, 3.63) is 48.2 Å². The lowest BCUT2D eigenvalue weighted by atomic mass is 9.85. The summed E-state index contributed by atoms with van der Waals surface area (Å²) in [5.41, 5.74) is 17.2. The average Bonchev–Trinajstić information content (AvgIpc) is 3.54. The molecule has 2 aliphatic heterocycles. The van der Waals surface area contributed by atoms with Crippen LogP contribution in [0, 0.1) is 0 Å². The molecule has 0 aromatic carbocycles. The van der Waals surface area contributed by atoms with Crippen molar-refractivity contribution in [3.8, 4) is 22.4 Å². The molecule has 11 heteroatoms. The number of primary amides is 1. The van der Waals surface area contributed by atoms with Crippen LogP contribution < -0.4 is 11.5 Å². The highest BCUT2D eigenvalue weighted by molar-refractivity contribution is 6.00. The van der Waals surface area contributed by atoms with Gasteiger partial charge in [-0.25, -0.2) is 9.78 Å². The summed E-state index contributed by atoms with van der Waals surface area (Å²) in [6.07, 6.45) is 10.4. The molecule has 0 aliphatic carbocycles. The molecule has 2 aliphatic rings. The Morgan fingerprint density at radius 2 is 1.78 bits per heavy atom. The largest absolute Gasteiger partial charge is 0.383 e. The first-order chi connectivity index (χ1) is 17.3. The second-order valence-corrected chi connectivity index (χ2v) is 9.74. The maximum atomic E-state index is 12.7. The first-order valence-electron chi connectivity index (χ1n) is 12.0. The van der Waals surface area contributed by atoms with E-state index in [1.165, 1.54) is 11.4 Å². The fraction of sp³-hybridized carbons (Fsp3) is 0.360. The summed E-state index contributed by atoms with van der Waals surface area (Å²) in [6.45, 7) is 1.50. The standard InChI is InChI=1S/C25H27N9O2/c1-13(35)21-22(15-7-17-4-5-18(8-15)33(17)25(27)36)31-24-19(11-30-34(24)23(21)26)14-3-6-20(28-9-14)16-10-29-32(2)12-16/h3,6,9-12,15,17-18H,4-5,7-8,26H2,1-2H3,(H2,27,36). The van der Waals surface area contributed by atoms with E-state index in [0.29, 0.717) is 29.7 Å². The van der Waals surface area contributed by atoms with E-state index < -0.39 is 0 Å². The minimum atomic E-state index is -0.379. The number of anilines is 1. The van der Waals surface area contributed by atoms with E-state index in [1.807, 2.05) is 25.4 Å². The molecule has 2 atom stereocenters. The smallest absolute Gasteiger partial charge is 0.315 e. The van der Waals surface area contributed by atoms with Gasteiger partial charge in [0.05, 0.1) is 29.3 Å². The number of aryl methyl sites for hydroxylation is 1. The number of pyridine rings is 1. The fourth-order valence-corrected chi connectivity index (χ4v) is 5.93. The highest BCUT2D eigenvalue weighted by Gasteiger charge is 2.44. The van der Waals surface area contributed by atoms with Gasteiger partial charge in [-0.3, -0.25) is 14.5 Å². The van der Waals surface area contributed by atoms with Crippen LogP contribution in [0.1, 0.15) is 54.6 Å². The number of nitrogen functional groups attached to an aromatic ring is 1. The van der Waals surface area contributed by atoms with Gasteiger partial charge in [-0.1, -0.05) is 6.07 Å². The molecule has 6 heterocycles. The molecule has 11 nitrogen and oxygen atoms in total. The van der Waals surface area contributed by atoms with Crippen molar-refractivity contribution < 1.29 is 9.59 Å². The molecule has 0 saturated carbocycles. The highest BCUT2D eigenvalue weighted by Crippen LogP contribution is 2.44. The van der Waals surface area contributed by atoms with E-state index >= 15 is 0 Å². The summed E-state index contributed by atoms with van der Waals surface area (Å²) < 4.78 is 3.26. The Labute approximate surface area is 207 Å². The molecule has 2 amide bonds. The van der Waals surface area contributed by atoms with E-state index in [2.05, 4.69) is 15.2 Å². The maximum Gasteiger partial charge on any atom is 0.315 e. The van der Waals surface area contributed by atoms with Crippen LogP contribution >= 0.6 is 0 Å². The molecule has 4 aromatic rings. The summed E-state index contributed by atoms with van der Waals surface area (Å²) in [7, 11) is 1.86. The van der Waals surface area contributed by atoms with Crippen molar-refractivity contribution in [1.29, 1.82) is 0 Å². The number of amides is 2. The zero-order valence-electron chi connectivity index (χ0n) is 20.1. The summed E-state index contributed by atoms with van der Waals surface area (Å²) >= 11 is 0. The van der Waals surface area contributed by atoms with Crippen LogP contribution in [0.25, 0.3) is 28.0 Å². The van der Waals surface area contributed by atoms with Crippen LogP contribution in [0.4, 0.5) is 10.6 Å².